The molecule has 0 saturated carbocycles. The maximum atomic E-state index is 12.5. The molecule has 1 rings (SSSR count). The predicted molar refractivity (Wildman–Crippen MR) is 93.0 cm³/mol. The van der Waals surface area contributed by atoms with Crippen LogP contribution in [0.3, 0.4) is 0 Å². The van der Waals surface area contributed by atoms with Crippen molar-refractivity contribution in [1.82, 2.24) is 9.62 Å². The summed E-state index contributed by atoms with van der Waals surface area (Å²) in [7, 11) is -3.69. The summed E-state index contributed by atoms with van der Waals surface area (Å²) in [5, 5.41) is 0. The second-order valence-corrected chi connectivity index (χ2v) is 7.64. The van der Waals surface area contributed by atoms with Crippen LogP contribution in [0.25, 0.3) is 0 Å². The largest absolute Gasteiger partial charge is 0.342 e. The Hall–Kier alpha value is -1.40. The Bertz CT molecular complexity index is 625. The van der Waals surface area contributed by atoms with E-state index in [9.17, 15) is 13.2 Å². The van der Waals surface area contributed by atoms with Crippen molar-refractivity contribution in [1.29, 1.82) is 0 Å². The molecule has 0 aromatic heterocycles. The van der Waals surface area contributed by atoms with Gasteiger partial charge in [-0.2, -0.15) is 0 Å². The first-order chi connectivity index (χ1) is 10.7. The van der Waals surface area contributed by atoms with Gasteiger partial charge in [-0.1, -0.05) is 31.5 Å². The number of carbonyl (C=O) groups excluding carboxylic acids is 1. The third-order valence-electron chi connectivity index (χ3n) is 3.63. The number of aryl methyl sites for hydroxylation is 3. The van der Waals surface area contributed by atoms with Crippen LogP contribution in [0.2, 0.25) is 0 Å². The van der Waals surface area contributed by atoms with Gasteiger partial charge in [-0.15, -0.1) is 0 Å². The van der Waals surface area contributed by atoms with E-state index in [0.717, 1.165) is 18.4 Å². The van der Waals surface area contributed by atoms with Gasteiger partial charge < -0.3 is 4.90 Å². The van der Waals surface area contributed by atoms with Crippen molar-refractivity contribution >= 4 is 15.9 Å². The van der Waals surface area contributed by atoms with Gasteiger partial charge in [-0.25, -0.2) is 13.1 Å². The van der Waals surface area contributed by atoms with Crippen LogP contribution in [0.1, 0.15) is 43.4 Å². The van der Waals surface area contributed by atoms with Crippen molar-refractivity contribution in [2.45, 2.75) is 52.4 Å². The fourth-order valence-electron chi connectivity index (χ4n) is 2.83. The number of rotatable bonds is 8. The van der Waals surface area contributed by atoms with E-state index in [1.54, 1.807) is 18.7 Å². The summed E-state index contributed by atoms with van der Waals surface area (Å²) in [5.74, 6) is -0.181. The predicted octanol–water partition coefficient (Wildman–Crippen LogP) is 2.54. The van der Waals surface area contributed by atoms with E-state index in [-0.39, 0.29) is 17.3 Å². The number of amides is 1. The molecular formula is C17H28N2O3S. The van der Waals surface area contributed by atoms with Gasteiger partial charge in [0.2, 0.25) is 15.9 Å². The quantitative estimate of drug-likeness (QED) is 0.791. The van der Waals surface area contributed by atoms with Gasteiger partial charge in [0, 0.05) is 13.1 Å². The van der Waals surface area contributed by atoms with Gasteiger partial charge in [-0.05, 0) is 44.7 Å². The van der Waals surface area contributed by atoms with E-state index in [1.807, 2.05) is 32.9 Å². The third-order valence-corrected chi connectivity index (χ3v) is 5.33. The van der Waals surface area contributed by atoms with E-state index in [1.165, 1.54) is 0 Å². The van der Waals surface area contributed by atoms with E-state index >= 15 is 0 Å². The van der Waals surface area contributed by atoms with Crippen LogP contribution in [-0.2, 0) is 14.8 Å². The molecule has 0 spiro atoms. The topological polar surface area (TPSA) is 66.5 Å². The second-order valence-electron chi connectivity index (χ2n) is 5.93. The van der Waals surface area contributed by atoms with Gasteiger partial charge in [-0.3, -0.25) is 4.79 Å². The fourth-order valence-corrected chi connectivity index (χ4v) is 4.26. The van der Waals surface area contributed by atoms with Crippen molar-refractivity contribution in [2.24, 2.45) is 0 Å². The highest BCUT2D eigenvalue weighted by atomic mass is 32.2. The van der Waals surface area contributed by atoms with Crippen LogP contribution < -0.4 is 4.72 Å². The number of hydrogen-bond donors (Lipinski definition) is 1. The zero-order chi connectivity index (χ0) is 17.6. The smallest absolute Gasteiger partial charge is 0.241 e. The Morgan fingerprint density at radius 3 is 1.96 bits per heavy atom. The number of sulfonamides is 1. The highest BCUT2D eigenvalue weighted by Gasteiger charge is 2.22. The molecule has 6 heteroatoms. The third kappa shape index (κ3) is 5.32. The van der Waals surface area contributed by atoms with Crippen molar-refractivity contribution in [3.63, 3.8) is 0 Å². The van der Waals surface area contributed by atoms with E-state index in [2.05, 4.69) is 4.72 Å². The fraction of sp³-hybridized carbons (Fsp3) is 0.588. The summed E-state index contributed by atoms with van der Waals surface area (Å²) in [6, 6.07) is 3.67. The molecule has 1 aromatic carbocycles. The summed E-state index contributed by atoms with van der Waals surface area (Å²) in [5.41, 5.74) is 2.41. The molecule has 1 N–H and O–H groups in total. The molecule has 0 unspecified atom stereocenters. The minimum atomic E-state index is -3.69. The maximum absolute atomic E-state index is 12.5. The monoisotopic (exact) mass is 340 g/mol. The second kappa shape index (κ2) is 8.45. The van der Waals surface area contributed by atoms with Crippen LogP contribution in [0, 0.1) is 20.8 Å². The molecule has 0 aliphatic heterocycles. The zero-order valence-electron chi connectivity index (χ0n) is 14.8. The SMILES string of the molecule is CCCN(CCC)C(=O)CNS(=O)(=O)c1c(C)cc(C)cc1C. The van der Waals surface area contributed by atoms with Crippen LogP contribution in [-0.4, -0.2) is 38.9 Å². The van der Waals surface area contributed by atoms with Gasteiger partial charge in [0.25, 0.3) is 0 Å². The number of benzene rings is 1. The standard InChI is InChI=1S/C17H28N2O3S/c1-6-8-19(9-7-2)16(20)12-18-23(21,22)17-14(4)10-13(3)11-15(17)5/h10-11,18H,6-9,12H2,1-5H3. The van der Waals surface area contributed by atoms with Crippen molar-refractivity contribution in [3.8, 4) is 0 Å². The summed E-state index contributed by atoms with van der Waals surface area (Å²) in [6.45, 7) is 10.6. The Labute approximate surface area is 140 Å². The molecule has 23 heavy (non-hydrogen) atoms. The Morgan fingerprint density at radius 1 is 1.04 bits per heavy atom. The number of hydrogen-bond acceptors (Lipinski definition) is 3. The van der Waals surface area contributed by atoms with E-state index < -0.39 is 10.0 Å². The molecule has 0 saturated heterocycles. The number of nitrogens with zero attached hydrogens (tertiary/aromatic N) is 1. The molecule has 0 aliphatic rings. The molecule has 1 amide bonds. The highest BCUT2D eigenvalue weighted by molar-refractivity contribution is 7.89. The highest BCUT2D eigenvalue weighted by Crippen LogP contribution is 2.21. The number of carbonyl (C=O) groups is 1. The molecule has 5 nitrogen and oxygen atoms in total. The summed E-state index contributed by atoms with van der Waals surface area (Å²) < 4.78 is 27.5. The minimum Gasteiger partial charge on any atom is -0.342 e. The minimum absolute atomic E-state index is 0.181. The lowest BCUT2D eigenvalue weighted by molar-refractivity contribution is -0.130. The van der Waals surface area contributed by atoms with Gasteiger partial charge in [0.05, 0.1) is 11.4 Å². The molecule has 130 valence electrons. The van der Waals surface area contributed by atoms with E-state index in [4.69, 9.17) is 0 Å². The molecular weight excluding hydrogens is 312 g/mol. The van der Waals surface area contributed by atoms with Crippen LogP contribution in [0.4, 0.5) is 0 Å². The maximum Gasteiger partial charge on any atom is 0.241 e. The Kier molecular flexibility index (Phi) is 7.22. The molecule has 0 fully saturated rings. The first-order valence-electron chi connectivity index (χ1n) is 8.08. The van der Waals surface area contributed by atoms with Crippen LogP contribution in [0.5, 0.6) is 0 Å². The lowest BCUT2D eigenvalue weighted by Gasteiger charge is -2.22. The lowest BCUT2D eigenvalue weighted by atomic mass is 10.1. The zero-order valence-corrected chi connectivity index (χ0v) is 15.6. The summed E-state index contributed by atoms with van der Waals surface area (Å²) in [4.78, 5) is 14.2. The number of nitrogens with one attached hydrogen (secondary N) is 1. The van der Waals surface area contributed by atoms with Gasteiger partial charge in [0.1, 0.15) is 0 Å². The molecule has 0 radical (unpaired) electrons. The van der Waals surface area contributed by atoms with Gasteiger partial charge in [0.15, 0.2) is 0 Å². The lowest BCUT2D eigenvalue weighted by Crippen LogP contribution is -2.41. The molecule has 0 aliphatic carbocycles. The van der Waals surface area contributed by atoms with Crippen LogP contribution in [0.15, 0.2) is 17.0 Å². The molecule has 0 heterocycles. The average molecular weight is 340 g/mol. The normalized spacial score (nSPS) is 11.5. The Morgan fingerprint density at radius 2 is 1.52 bits per heavy atom. The molecule has 1 aromatic rings. The molecule has 0 atom stereocenters. The first kappa shape index (κ1) is 19.6. The van der Waals surface area contributed by atoms with Gasteiger partial charge >= 0.3 is 0 Å². The van der Waals surface area contributed by atoms with Crippen molar-refractivity contribution in [2.75, 3.05) is 19.6 Å². The average Bonchev–Trinajstić information content (AvgIpc) is 2.43. The Balaban J connectivity index is 2.90. The first-order valence-corrected chi connectivity index (χ1v) is 9.56. The molecule has 0 bridgehead atoms. The van der Waals surface area contributed by atoms with Crippen LogP contribution >= 0.6 is 0 Å². The van der Waals surface area contributed by atoms with E-state index in [0.29, 0.717) is 24.2 Å². The van der Waals surface area contributed by atoms with Crippen molar-refractivity contribution < 1.29 is 13.2 Å². The summed E-state index contributed by atoms with van der Waals surface area (Å²) in [6.07, 6.45) is 1.71. The summed E-state index contributed by atoms with van der Waals surface area (Å²) >= 11 is 0. The van der Waals surface area contributed by atoms with Crippen molar-refractivity contribution in [3.05, 3.63) is 28.8 Å².